The number of nitrogens with zero attached hydrogens (tertiary/aromatic N) is 5. The molecule has 2 aromatic rings. The first kappa shape index (κ1) is 41.2. The SMILES string of the molecule is CCC[C@H](NC(=O)[C@@H]1C[C@@H](OC(=O)N2CCc3ccccc3C2)CN1C(=O)[C@@H](NC(=O)[C@H](CC)NC(=O)c1cnccn1)C(C)C)C(=O)C(=O)N1CC1C(=O)O. The van der Waals surface area contributed by atoms with Crippen molar-refractivity contribution >= 4 is 47.4 Å². The number of fused-ring (bicyclic) bond motifs is 1. The number of hydrogen-bond acceptors (Lipinski definition) is 11. The maximum absolute atomic E-state index is 14.4. The van der Waals surface area contributed by atoms with Crippen LogP contribution in [0.1, 0.15) is 75.0 Å². The molecule has 2 fully saturated rings. The van der Waals surface area contributed by atoms with Gasteiger partial charge in [0.15, 0.2) is 0 Å². The monoisotopic (exact) mass is 776 g/mol. The fraction of sp³-hybridized carbons (Fsp3) is 0.526. The van der Waals surface area contributed by atoms with Gasteiger partial charge in [0.1, 0.15) is 36.0 Å². The number of nitrogens with one attached hydrogen (secondary N) is 3. The minimum atomic E-state index is -1.31. The highest BCUT2D eigenvalue weighted by atomic mass is 16.6. The van der Waals surface area contributed by atoms with E-state index in [1.807, 2.05) is 24.3 Å². The summed E-state index contributed by atoms with van der Waals surface area (Å²) in [6.07, 6.45) is 3.47. The first-order chi connectivity index (χ1) is 26.7. The van der Waals surface area contributed by atoms with Crippen LogP contribution in [0.3, 0.4) is 0 Å². The van der Waals surface area contributed by atoms with Crippen molar-refractivity contribution in [1.82, 2.24) is 40.6 Å². The zero-order chi connectivity index (χ0) is 40.7. The summed E-state index contributed by atoms with van der Waals surface area (Å²) in [5.74, 6) is -6.55. The summed E-state index contributed by atoms with van der Waals surface area (Å²) in [7, 11) is 0. The van der Waals surface area contributed by atoms with Crippen molar-refractivity contribution in [2.75, 3.05) is 19.6 Å². The van der Waals surface area contributed by atoms with Crippen LogP contribution in [-0.2, 0) is 46.5 Å². The molecule has 18 heteroatoms. The van der Waals surface area contributed by atoms with Crippen molar-refractivity contribution in [2.45, 2.75) is 103 Å². The van der Waals surface area contributed by atoms with Gasteiger partial charge in [0.05, 0.1) is 25.3 Å². The van der Waals surface area contributed by atoms with Crippen LogP contribution in [0.2, 0.25) is 0 Å². The van der Waals surface area contributed by atoms with Crippen LogP contribution in [0.5, 0.6) is 0 Å². The number of ether oxygens (including phenoxy) is 1. The number of carbonyl (C=O) groups is 8. The highest BCUT2D eigenvalue weighted by molar-refractivity contribution is 6.39. The molecule has 1 aromatic carbocycles. The Hall–Kier alpha value is -5.94. The quantitative estimate of drug-likeness (QED) is 0.142. The van der Waals surface area contributed by atoms with Gasteiger partial charge in [-0.15, -0.1) is 0 Å². The lowest BCUT2D eigenvalue weighted by Crippen LogP contribution is -2.59. The van der Waals surface area contributed by atoms with Gasteiger partial charge in [0.25, 0.3) is 11.8 Å². The molecular formula is C38H48N8O10. The third-order valence-corrected chi connectivity index (χ3v) is 10.1. The van der Waals surface area contributed by atoms with E-state index in [0.29, 0.717) is 25.9 Å². The summed E-state index contributed by atoms with van der Waals surface area (Å²) < 4.78 is 5.89. The third kappa shape index (κ3) is 9.64. The molecule has 4 heterocycles. The smallest absolute Gasteiger partial charge is 0.410 e. The first-order valence-corrected chi connectivity index (χ1v) is 18.8. The van der Waals surface area contributed by atoms with E-state index in [9.17, 15) is 43.5 Å². The van der Waals surface area contributed by atoms with E-state index in [2.05, 4.69) is 25.9 Å². The van der Waals surface area contributed by atoms with Gasteiger partial charge in [0.2, 0.25) is 23.5 Å². The number of carboxylic acids is 1. The number of likely N-dealkylation sites (tertiary alicyclic amines) is 1. The molecule has 5 rings (SSSR count). The van der Waals surface area contributed by atoms with Crippen LogP contribution in [0.25, 0.3) is 0 Å². The fourth-order valence-electron chi connectivity index (χ4n) is 6.88. The van der Waals surface area contributed by atoms with Crippen LogP contribution in [0.4, 0.5) is 4.79 Å². The molecule has 1 aromatic heterocycles. The molecule has 0 bridgehead atoms. The lowest BCUT2D eigenvalue weighted by atomic mass is 10.0. The molecule has 0 aliphatic carbocycles. The van der Waals surface area contributed by atoms with E-state index >= 15 is 0 Å². The second-order valence-corrected chi connectivity index (χ2v) is 14.5. The molecule has 0 spiro atoms. The summed E-state index contributed by atoms with van der Waals surface area (Å²) in [6, 6.07) is 1.77. The number of rotatable bonds is 15. The molecule has 0 radical (unpaired) electrons. The Morgan fingerprint density at radius 1 is 0.911 bits per heavy atom. The van der Waals surface area contributed by atoms with Gasteiger partial charge >= 0.3 is 12.1 Å². The molecule has 6 atom stereocenters. The van der Waals surface area contributed by atoms with Crippen molar-refractivity contribution in [3.05, 3.63) is 59.7 Å². The molecule has 300 valence electrons. The summed E-state index contributed by atoms with van der Waals surface area (Å²) in [4.78, 5) is 117. The van der Waals surface area contributed by atoms with Gasteiger partial charge in [-0.3, -0.25) is 33.8 Å². The van der Waals surface area contributed by atoms with E-state index in [1.165, 1.54) is 23.5 Å². The van der Waals surface area contributed by atoms with Crippen LogP contribution >= 0.6 is 0 Å². The third-order valence-electron chi connectivity index (χ3n) is 10.1. The van der Waals surface area contributed by atoms with Crippen LogP contribution in [-0.4, -0.2) is 133 Å². The van der Waals surface area contributed by atoms with Gasteiger partial charge in [-0.1, -0.05) is 58.4 Å². The number of carboxylic acid groups (broad SMARTS) is 1. The van der Waals surface area contributed by atoms with Crippen molar-refractivity contribution in [1.29, 1.82) is 0 Å². The number of hydrogen-bond donors (Lipinski definition) is 4. The predicted octanol–water partition coefficient (Wildman–Crippen LogP) is 0.440. The first-order valence-electron chi connectivity index (χ1n) is 18.8. The predicted molar refractivity (Wildman–Crippen MR) is 196 cm³/mol. The number of ketones is 1. The van der Waals surface area contributed by atoms with Crippen molar-refractivity contribution < 1.29 is 48.2 Å². The molecule has 1 unspecified atom stereocenters. The second kappa shape index (κ2) is 18.1. The molecule has 3 aliphatic heterocycles. The zero-order valence-electron chi connectivity index (χ0n) is 31.8. The number of aliphatic carboxylic acids is 1. The largest absolute Gasteiger partial charge is 0.480 e. The van der Waals surface area contributed by atoms with Crippen LogP contribution in [0, 0.1) is 5.92 Å². The van der Waals surface area contributed by atoms with Crippen molar-refractivity contribution in [2.24, 2.45) is 5.92 Å². The summed E-state index contributed by atoms with van der Waals surface area (Å²) >= 11 is 0. The number of benzene rings is 1. The van der Waals surface area contributed by atoms with E-state index in [1.54, 1.807) is 32.6 Å². The molecule has 2 saturated heterocycles. The number of carbonyl (C=O) groups excluding carboxylic acids is 7. The van der Waals surface area contributed by atoms with Gasteiger partial charge < -0.3 is 40.5 Å². The summed E-state index contributed by atoms with van der Waals surface area (Å²) in [6.45, 7) is 7.17. The molecule has 0 saturated carbocycles. The van der Waals surface area contributed by atoms with Gasteiger partial charge in [-0.2, -0.15) is 0 Å². The maximum atomic E-state index is 14.4. The highest BCUT2D eigenvalue weighted by Crippen LogP contribution is 2.26. The highest BCUT2D eigenvalue weighted by Gasteiger charge is 2.49. The van der Waals surface area contributed by atoms with E-state index in [-0.39, 0.29) is 38.0 Å². The molecule has 4 N–H and O–H groups in total. The van der Waals surface area contributed by atoms with Gasteiger partial charge in [-0.05, 0) is 36.3 Å². The number of amides is 6. The standard InChI is InChI=1S/C38H48N8O10/c1-5-9-26(31(47)36(52)46-20-29(46)37(53)54)42-34(50)28-16-24(56-38(55)44-15-12-22-10-7-8-11-23(22)18-44)19-45(28)35(51)30(21(3)4)43-32(48)25(6-2)41-33(49)27-17-39-13-14-40-27/h7-8,10-11,13-14,17,21,24-26,28-30H,5-6,9,12,15-16,18-20H2,1-4H3,(H,41,49)(H,42,50)(H,43,48)(H,53,54)/t24-,25+,26+,28+,29?,30+,46?/m1/s1. The minimum Gasteiger partial charge on any atom is -0.480 e. The molecule has 18 nitrogen and oxygen atoms in total. The lowest BCUT2D eigenvalue weighted by Gasteiger charge is -2.32. The Morgan fingerprint density at radius 3 is 2.27 bits per heavy atom. The molecule has 3 aliphatic rings. The zero-order valence-corrected chi connectivity index (χ0v) is 31.8. The average molecular weight is 777 g/mol. The average Bonchev–Trinajstić information content (AvgIpc) is 3.90. The van der Waals surface area contributed by atoms with Crippen LogP contribution in [0.15, 0.2) is 42.9 Å². The normalized spacial score (nSPS) is 20.2. The molecular weight excluding hydrogens is 728 g/mol. The summed E-state index contributed by atoms with van der Waals surface area (Å²) in [5, 5.41) is 17.2. The Morgan fingerprint density at radius 2 is 1.64 bits per heavy atom. The van der Waals surface area contributed by atoms with E-state index < -0.39 is 89.6 Å². The number of aromatic nitrogens is 2. The van der Waals surface area contributed by atoms with E-state index in [0.717, 1.165) is 16.0 Å². The lowest BCUT2D eigenvalue weighted by molar-refractivity contribution is -0.146. The number of Topliss-reactive ketones (excluding diaryl/α,β-unsaturated/α-hetero) is 1. The summed E-state index contributed by atoms with van der Waals surface area (Å²) in [5.41, 5.74) is 2.09. The Bertz CT molecular complexity index is 1840. The van der Waals surface area contributed by atoms with Crippen LogP contribution < -0.4 is 16.0 Å². The molecule has 56 heavy (non-hydrogen) atoms. The van der Waals surface area contributed by atoms with Crippen molar-refractivity contribution in [3.63, 3.8) is 0 Å². The Labute approximate surface area is 323 Å². The fourth-order valence-corrected chi connectivity index (χ4v) is 6.88. The van der Waals surface area contributed by atoms with Gasteiger partial charge in [-0.25, -0.2) is 14.6 Å². The molecule has 6 amide bonds. The van der Waals surface area contributed by atoms with Gasteiger partial charge in [0, 0.05) is 31.9 Å². The minimum absolute atomic E-state index is 0.00640. The maximum Gasteiger partial charge on any atom is 0.410 e. The Kier molecular flexibility index (Phi) is 13.3. The second-order valence-electron chi connectivity index (χ2n) is 14.5. The van der Waals surface area contributed by atoms with Crippen molar-refractivity contribution in [3.8, 4) is 0 Å². The van der Waals surface area contributed by atoms with E-state index in [4.69, 9.17) is 4.74 Å². The topological polar surface area (TPSA) is 237 Å². The Balaban J connectivity index is 1.34.